The minimum atomic E-state index is -0.500. The Labute approximate surface area is 125 Å². The molecule has 1 saturated heterocycles. The van der Waals surface area contributed by atoms with Crippen molar-refractivity contribution in [2.75, 3.05) is 6.61 Å². The van der Waals surface area contributed by atoms with Crippen LogP contribution >= 0.6 is 11.6 Å². The van der Waals surface area contributed by atoms with Crippen LogP contribution in [0, 0.1) is 0 Å². The van der Waals surface area contributed by atoms with Gasteiger partial charge in [0.25, 0.3) is 0 Å². The molecule has 0 spiro atoms. The fraction of sp³-hybridized carbons (Fsp3) is 0.643. The number of pyridine rings is 1. The summed E-state index contributed by atoms with van der Waals surface area (Å²) < 4.78 is 17.5. The van der Waals surface area contributed by atoms with Crippen molar-refractivity contribution in [2.45, 2.75) is 52.2 Å². The summed E-state index contributed by atoms with van der Waals surface area (Å²) in [5.74, 6) is 0.431. The molecular weight excluding hydrogens is 276 g/mol. The Morgan fingerprint density at radius 2 is 1.85 bits per heavy atom. The molecule has 110 valence electrons. The monoisotopic (exact) mass is 297 g/mol. The van der Waals surface area contributed by atoms with Crippen molar-refractivity contribution in [3.8, 4) is 5.88 Å². The summed E-state index contributed by atoms with van der Waals surface area (Å²) in [4.78, 5) is 4.16. The molecule has 0 bridgehead atoms. The van der Waals surface area contributed by atoms with Gasteiger partial charge in [-0.1, -0.05) is 18.5 Å². The summed E-state index contributed by atoms with van der Waals surface area (Å²) >= 11 is 6.36. The van der Waals surface area contributed by atoms with E-state index in [2.05, 4.69) is 4.98 Å². The van der Waals surface area contributed by atoms with Crippen molar-refractivity contribution >= 4 is 24.2 Å². The molecule has 0 saturated carbocycles. The molecule has 0 N–H and O–H groups in total. The van der Waals surface area contributed by atoms with Gasteiger partial charge in [0.05, 0.1) is 17.8 Å². The van der Waals surface area contributed by atoms with Crippen LogP contribution in [-0.4, -0.2) is 29.9 Å². The predicted molar refractivity (Wildman–Crippen MR) is 80.7 cm³/mol. The summed E-state index contributed by atoms with van der Waals surface area (Å²) in [6.07, 6.45) is 2.57. The highest BCUT2D eigenvalue weighted by Crippen LogP contribution is 2.37. The standard InChI is InChI=1S/C14H21BClNO3/c1-6-9-18-12-11(16)10(7-8-17-12)15-19-13(2,3)14(4,5)20-15/h7-8H,6,9H2,1-5H3. The number of nitrogens with zero attached hydrogens (tertiary/aromatic N) is 1. The Hall–Kier alpha value is -0.775. The maximum Gasteiger partial charge on any atom is 0.496 e. The lowest BCUT2D eigenvalue weighted by Crippen LogP contribution is -2.41. The molecule has 2 heterocycles. The zero-order valence-corrected chi connectivity index (χ0v) is 13.5. The van der Waals surface area contributed by atoms with Gasteiger partial charge in [-0.3, -0.25) is 0 Å². The highest BCUT2D eigenvalue weighted by Gasteiger charge is 2.52. The largest absolute Gasteiger partial charge is 0.496 e. The third kappa shape index (κ3) is 2.80. The molecule has 0 unspecified atom stereocenters. The summed E-state index contributed by atoms with van der Waals surface area (Å²) in [6.45, 7) is 10.7. The number of ether oxygens (including phenoxy) is 1. The van der Waals surface area contributed by atoms with Gasteiger partial charge in [-0.2, -0.15) is 0 Å². The molecule has 1 aromatic heterocycles. The molecule has 1 aliphatic rings. The van der Waals surface area contributed by atoms with Gasteiger partial charge in [0.15, 0.2) is 0 Å². The summed E-state index contributed by atoms with van der Waals surface area (Å²) in [6, 6.07) is 1.81. The third-order valence-corrected chi connectivity index (χ3v) is 4.22. The van der Waals surface area contributed by atoms with Crippen LogP contribution in [-0.2, 0) is 9.31 Å². The van der Waals surface area contributed by atoms with Gasteiger partial charge in [-0.25, -0.2) is 4.98 Å². The van der Waals surface area contributed by atoms with Crippen LogP contribution in [0.4, 0.5) is 0 Å². The molecule has 0 radical (unpaired) electrons. The van der Waals surface area contributed by atoms with Crippen LogP contribution in [0.1, 0.15) is 41.0 Å². The Balaban J connectivity index is 2.26. The van der Waals surface area contributed by atoms with Gasteiger partial charge in [0.1, 0.15) is 5.02 Å². The minimum absolute atomic E-state index is 0.394. The fourth-order valence-electron chi connectivity index (χ4n) is 1.89. The summed E-state index contributed by atoms with van der Waals surface area (Å²) in [5.41, 5.74) is -0.0323. The maximum absolute atomic E-state index is 6.36. The van der Waals surface area contributed by atoms with Crippen LogP contribution in [0.25, 0.3) is 0 Å². The molecule has 0 aromatic carbocycles. The second-order valence-electron chi connectivity index (χ2n) is 5.96. The van der Waals surface area contributed by atoms with Crippen molar-refractivity contribution in [3.05, 3.63) is 17.3 Å². The number of aromatic nitrogens is 1. The van der Waals surface area contributed by atoms with Gasteiger partial charge < -0.3 is 14.0 Å². The van der Waals surface area contributed by atoms with E-state index in [1.807, 2.05) is 40.7 Å². The lowest BCUT2D eigenvalue weighted by atomic mass is 9.79. The Morgan fingerprint density at radius 1 is 1.25 bits per heavy atom. The normalized spacial score (nSPS) is 20.2. The second-order valence-corrected chi connectivity index (χ2v) is 6.33. The SMILES string of the molecule is CCCOc1nccc(B2OC(C)(C)C(C)(C)O2)c1Cl. The maximum atomic E-state index is 6.36. The van der Waals surface area contributed by atoms with Crippen LogP contribution in [0.15, 0.2) is 12.3 Å². The minimum Gasteiger partial charge on any atom is -0.477 e. The Kier molecular flexibility index (Phi) is 4.33. The first-order valence-corrected chi connectivity index (χ1v) is 7.29. The molecule has 4 nitrogen and oxygen atoms in total. The molecule has 0 amide bonds. The van der Waals surface area contributed by atoms with Crippen LogP contribution in [0.2, 0.25) is 5.02 Å². The third-order valence-electron chi connectivity index (χ3n) is 3.84. The van der Waals surface area contributed by atoms with Crippen LogP contribution in [0.5, 0.6) is 5.88 Å². The zero-order valence-electron chi connectivity index (χ0n) is 12.7. The Morgan fingerprint density at radius 3 is 2.40 bits per heavy atom. The van der Waals surface area contributed by atoms with Crippen molar-refractivity contribution < 1.29 is 14.0 Å². The Bertz CT molecular complexity index is 477. The molecule has 6 heteroatoms. The molecule has 1 aliphatic heterocycles. The zero-order chi connectivity index (χ0) is 15.0. The molecule has 0 atom stereocenters. The average Bonchev–Trinajstić information content (AvgIpc) is 2.57. The predicted octanol–water partition coefficient (Wildman–Crippen LogP) is 2.82. The second kappa shape index (κ2) is 5.55. The van der Waals surface area contributed by atoms with E-state index in [1.54, 1.807) is 6.20 Å². The highest BCUT2D eigenvalue weighted by atomic mass is 35.5. The van der Waals surface area contributed by atoms with Crippen LogP contribution < -0.4 is 10.2 Å². The van der Waals surface area contributed by atoms with Crippen LogP contribution in [0.3, 0.4) is 0 Å². The van der Waals surface area contributed by atoms with Gasteiger partial charge >= 0.3 is 7.12 Å². The van der Waals surface area contributed by atoms with E-state index >= 15 is 0 Å². The van der Waals surface area contributed by atoms with E-state index in [-0.39, 0.29) is 0 Å². The summed E-state index contributed by atoms with van der Waals surface area (Å²) in [7, 11) is -0.500. The molecule has 1 aromatic rings. The van der Waals surface area contributed by atoms with Crippen molar-refractivity contribution in [1.82, 2.24) is 4.98 Å². The topological polar surface area (TPSA) is 40.6 Å². The molecule has 1 fully saturated rings. The number of rotatable bonds is 4. The first-order chi connectivity index (χ1) is 9.28. The van der Waals surface area contributed by atoms with Gasteiger partial charge in [-0.15, -0.1) is 0 Å². The van der Waals surface area contributed by atoms with Crippen molar-refractivity contribution in [2.24, 2.45) is 0 Å². The quantitative estimate of drug-likeness (QED) is 0.801. The lowest BCUT2D eigenvalue weighted by molar-refractivity contribution is 0.00578. The number of hydrogen-bond donors (Lipinski definition) is 0. The average molecular weight is 298 g/mol. The molecular formula is C14H21BClNO3. The van der Waals surface area contributed by atoms with Crippen molar-refractivity contribution in [1.29, 1.82) is 0 Å². The molecule has 0 aliphatic carbocycles. The van der Waals surface area contributed by atoms with Gasteiger partial charge in [-0.05, 0) is 40.2 Å². The van der Waals surface area contributed by atoms with E-state index in [1.165, 1.54) is 0 Å². The van der Waals surface area contributed by atoms with E-state index in [4.69, 9.17) is 25.6 Å². The smallest absolute Gasteiger partial charge is 0.477 e. The fourth-order valence-corrected chi connectivity index (χ4v) is 2.15. The van der Waals surface area contributed by atoms with E-state index in [9.17, 15) is 0 Å². The highest BCUT2D eigenvalue weighted by molar-refractivity contribution is 6.65. The van der Waals surface area contributed by atoms with Gasteiger partial charge in [0.2, 0.25) is 5.88 Å². The van der Waals surface area contributed by atoms with Crippen molar-refractivity contribution in [3.63, 3.8) is 0 Å². The van der Waals surface area contributed by atoms with E-state index in [0.29, 0.717) is 17.5 Å². The van der Waals surface area contributed by atoms with E-state index < -0.39 is 18.3 Å². The number of halogens is 1. The molecule has 2 rings (SSSR count). The number of hydrogen-bond acceptors (Lipinski definition) is 4. The first kappa shape index (κ1) is 15.6. The first-order valence-electron chi connectivity index (χ1n) is 6.91. The summed E-state index contributed by atoms with van der Waals surface area (Å²) in [5, 5.41) is 0.458. The molecule has 20 heavy (non-hydrogen) atoms. The lowest BCUT2D eigenvalue weighted by Gasteiger charge is -2.32. The van der Waals surface area contributed by atoms with Gasteiger partial charge in [0, 0.05) is 11.7 Å². The van der Waals surface area contributed by atoms with E-state index in [0.717, 1.165) is 11.9 Å².